The van der Waals surface area contributed by atoms with Gasteiger partial charge in [-0.15, -0.1) is 11.3 Å². The van der Waals surface area contributed by atoms with Gasteiger partial charge in [-0.2, -0.15) is 0 Å². The van der Waals surface area contributed by atoms with Crippen molar-refractivity contribution < 1.29 is 9.59 Å². The third kappa shape index (κ3) is 4.36. The van der Waals surface area contributed by atoms with Gasteiger partial charge in [0, 0.05) is 37.6 Å². The van der Waals surface area contributed by atoms with E-state index in [1.165, 1.54) is 11.3 Å². The number of carbonyl (C=O) groups is 2. The van der Waals surface area contributed by atoms with E-state index in [1.807, 2.05) is 24.3 Å². The number of hydrogen-bond donors (Lipinski definition) is 4. The van der Waals surface area contributed by atoms with Crippen LogP contribution in [0.2, 0.25) is 0 Å². The van der Waals surface area contributed by atoms with Gasteiger partial charge in [0.05, 0.1) is 11.4 Å². The van der Waals surface area contributed by atoms with E-state index in [-0.39, 0.29) is 17.9 Å². The van der Waals surface area contributed by atoms with Crippen molar-refractivity contribution in [1.29, 1.82) is 0 Å². The molecule has 10 heteroatoms. The first-order chi connectivity index (χ1) is 14.9. The Balaban J connectivity index is 1.45. The highest BCUT2D eigenvalue weighted by Gasteiger charge is 2.38. The first-order valence-corrected chi connectivity index (χ1v) is 11.4. The molecule has 3 heterocycles. The monoisotopic (exact) mass is 443 g/mol. The van der Waals surface area contributed by atoms with Crippen LogP contribution in [0.3, 0.4) is 0 Å². The van der Waals surface area contributed by atoms with E-state index in [2.05, 4.69) is 25.4 Å². The predicted octanol–water partition coefficient (Wildman–Crippen LogP) is 0.977. The van der Waals surface area contributed by atoms with Gasteiger partial charge in [0.1, 0.15) is 11.2 Å². The molecule has 1 atom stereocenters. The summed E-state index contributed by atoms with van der Waals surface area (Å²) in [4.78, 5) is 33.6. The second kappa shape index (κ2) is 8.81. The van der Waals surface area contributed by atoms with Crippen LogP contribution in [0.5, 0.6) is 0 Å². The van der Waals surface area contributed by atoms with Gasteiger partial charge >= 0.3 is 0 Å². The molecule has 2 fully saturated rings. The van der Waals surface area contributed by atoms with Gasteiger partial charge in [-0.3, -0.25) is 9.59 Å². The Hall–Kier alpha value is -2.69. The Kier molecular flexibility index (Phi) is 6.12. The Bertz CT molecular complexity index is 955. The van der Waals surface area contributed by atoms with Gasteiger partial charge < -0.3 is 31.9 Å². The van der Waals surface area contributed by atoms with E-state index >= 15 is 0 Å². The highest BCUT2D eigenvalue weighted by atomic mass is 32.1. The lowest BCUT2D eigenvalue weighted by Gasteiger charge is -2.41. The molecule has 6 N–H and O–H groups in total. The van der Waals surface area contributed by atoms with Crippen molar-refractivity contribution in [2.45, 2.75) is 30.8 Å². The molecule has 0 bridgehead atoms. The topological polar surface area (TPSA) is 130 Å². The number of aromatic nitrogens is 1. The predicted molar refractivity (Wildman–Crippen MR) is 124 cm³/mol. The Morgan fingerprint density at radius 1 is 1.19 bits per heavy atom. The average molecular weight is 444 g/mol. The molecule has 2 amide bonds. The van der Waals surface area contributed by atoms with E-state index in [0.717, 1.165) is 36.0 Å². The summed E-state index contributed by atoms with van der Waals surface area (Å²) >= 11 is 1.46. The van der Waals surface area contributed by atoms with Crippen molar-refractivity contribution in [2.24, 2.45) is 11.5 Å². The Morgan fingerprint density at radius 2 is 1.94 bits per heavy atom. The molecule has 2 aliphatic rings. The lowest BCUT2D eigenvalue weighted by molar-refractivity contribution is -0.125. The molecular weight excluding hydrogens is 414 g/mol. The van der Waals surface area contributed by atoms with E-state index in [0.29, 0.717) is 31.6 Å². The fourth-order valence-corrected chi connectivity index (χ4v) is 5.11. The van der Waals surface area contributed by atoms with E-state index in [9.17, 15) is 9.59 Å². The van der Waals surface area contributed by atoms with Crippen LogP contribution in [0.1, 0.15) is 29.8 Å². The van der Waals surface area contributed by atoms with Crippen molar-refractivity contribution in [3.8, 4) is 0 Å². The maximum absolute atomic E-state index is 12.9. The smallest absolute Gasteiger partial charge is 0.275 e. The van der Waals surface area contributed by atoms with Gasteiger partial charge in [-0.1, -0.05) is 12.1 Å². The van der Waals surface area contributed by atoms with Crippen LogP contribution in [-0.4, -0.2) is 61.6 Å². The number of rotatable bonds is 6. The number of amides is 2. The van der Waals surface area contributed by atoms with Gasteiger partial charge in [-0.25, -0.2) is 4.98 Å². The minimum atomic E-state index is -0.677. The number of piperidine rings is 1. The summed E-state index contributed by atoms with van der Waals surface area (Å²) in [6, 6.07) is 7.85. The highest BCUT2D eigenvalue weighted by molar-refractivity contribution is 7.14. The lowest BCUT2D eigenvalue weighted by Crippen LogP contribution is -2.59. The van der Waals surface area contributed by atoms with Crippen LogP contribution in [0.15, 0.2) is 29.6 Å². The second-order valence-corrected chi connectivity index (χ2v) is 9.00. The quantitative estimate of drug-likeness (QED) is 0.524. The normalized spacial score (nSPS) is 20.6. The van der Waals surface area contributed by atoms with Crippen LogP contribution < -0.4 is 31.9 Å². The zero-order valence-corrected chi connectivity index (χ0v) is 18.5. The number of nitrogens with two attached hydrogens (primary N) is 2. The molecule has 2 aliphatic heterocycles. The summed E-state index contributed by atoms with van der Waals surface area (Å²) in [5.74, 6) is -0.563. The molecule has 0 saturated carbocycles. The maximum atomic E-state index is 12.9. The molecule has 2 aromatic rings. The summed E-state index contributed by atoms with van der Waals surface area (Å²) in [5.41, 5.74) is 13.0. The first kappa shape index (κ1) is 21.5. The van der Waals surface area contributed by atoms with E-state index in [1.54, 1.807) is 12.4 Å². The number of benzene rings is 1. The van der Waals surface area contributed by atoms with Crippen molar-refractivity contribution in [2.75, 3.05) is 48.3 Å². The molecule has 0 radical (unpaired) electrons. The highest BCUT2D eigenvalue weighted by Crippen LogP contribution is 2.32. The van der Waals surface area contributed by atoms with Gasteiger partial charge in [-0.05, 0) is 38.4 Å². The number of para-hydroxylation sites is 2. The van der Waals surface area contributed by atoms with Gasteiger partial charge in [0.2, 0.25) is 5.91 Å². The Labute approximate surface area is 185 Å². The number of nitrogens with zero attached hydrogens (tertiary/aromatic N) is 3. The molecule has 0 unspecified atom stereocenters. The number of carbonyl (C=O) groups excluding carboxylic acids is 2. The average Bonchev–Trinajstić information content (AvgIpc) is 3.43. The molecule has 166 valence electrons. The molecule has 4 rings (SSSR count). The first-order valence-electron chi connectivity index (χ1n) is 10.5. The summed E-state index contributed by atoms with van der Waals surface area (Å²) < 4.78 is 0. The molecule has 1 aromatic heterocycles. The zero-order valence-electron chi connectivity index (χ0n) is 17.6. The molecule has 1 aromatic carbocycles. The molecule has 0 spiro atoms. The third-order valence-electron chi connectivity index (χ3n) is 6.28. The third-order valence-corrected chi connectivity index (χ3v) is 7.18. The van der Waals surface area contributed by atoms with Gasteiger partial charge in [0.25, 0.3) is 5.91 Å². The minimum Gasteiger partial charge on any atom is -0.370 e. The van der Waals surface area contributed by atoms with Crippen molar-refractivity contribution in [3.05, 3.63) is 35.3 Å². The molecule has 0 aliphatic carbocycles. The number of hydrogen-bond acceptors (Lipinski definition) is 8. The molecule has 31 heavy (non-hydrogen) atoms. The minimum absolute atomic E-state index is 0.161. The fourth-order valence-electron chi connectivity index (χ4n) is 4.27. The van der Waals surface area contributed by atoms with Crippen LogP contribution in [0.4, 0.5) is 16.5 Å². The van der Waals surface area contributed by atoms with Crippen molar-refractivity contribution in [3.63, 3.8) is 0 Å². The zero-order chi connectivity index (χ0) is 22.0. The summed E-state index contributed by atoms with van der Waals surface area (Å²) in [6.07, 6.45) is 2.15. The molecular formula is C21H29N7O2S. The largest absolute Gasteiger partial charge is 0.370 e. The maximum Gasteiger partial charge on any atom is 0.275 e. The Morgan fingerprint density at radius 3 is 2.58 bits per heavy atom. The molecule has 9 nitrogen and oxygen atoms in total. The number of anilines is 3. The second-order valence-electron chi connectivity index (χ2n) is 8.16. The summed E-state index contributed by atoms with van der Waals surface area (Å²) in [7, 11) is 1.77. The fraction of sp³-hybridized carbons (Fsp3) is 0.476. The number of thiazole rings is 1. The van der Waals surface area contributed by atoms with Crippen molar-refractivity contribution >= 4 is 39.7 Å². The van der Waals surface area contributed by atoms with Crippen LogP contribution in [0.25, 0.3) is 0 Å². The standard InChI is InChI=1S/C21H29N7O2S/c1-24-21(19(23)30)7-10-27(11-8-21)17-5-3-2-4-15(17)25-18(29)16-13-31-20(26-16)28-9-6-14(22)12-28/h2-5,13-14,24H,6-12,22H2,1H3,(H2,23,30)(H,25,29)/t14-/m0/s1. The van der Waals surface area contributed by atoms with Gasteiger partial charge in [0.15, 0.2) is 5.13 Å². The van der Waals surface area contributed by atoms with Crippen LogP contribution in [-0.2, 0) is 4.79 Å². The van der Waals surface area contributed by atoms with Crippen LogP contribution >= 0.6 is 11.3 Å². The van der Waals surface area contributed by atoms with E-state index in [4.69, 9.17) is 11.5 Å². The number of primary amides is 1. The lowest BCUT2D eigenvalue weighted by atomic mass is 9.86. The van der Waals surface area contributed by atoms with Crippen LogP contribution in [0, 0.1) is 0 Å². The van der Waals surface area contributed by atoms with Crippen molar-refractivity contribution in [1.82, 2.24) is 10.3 Å². The van der Waals surface area contributed by atoms with E-state index < -0.39 is 5.54 Å². The SMILES string of the molecule is CNC1(C(N)=O)CCN(c2ccccc2NC(=O)c2csc(N3CC[C@H](N)C3)n2)CC1. The molecule has 2 saturated heterocycles. The summed E-state index contributed by atoms with van der Waals surface area (Å²) in [6.45, 7) is 2.96. The summed E-state index contributed by atoms with van der Waals surface area (Å²) in [5, 5.41) is 8.72. The number of likely N-dealkylation sites (N-methyl/N-ethyl adjacent to an activating group) is 1. The number of nitrogens with one attached hydrogen (secondary N) is 2.